The number of ether oxygens (including phenoxy) is 2. The molecule has 2 rings (SSSR count). The molecule has 0 heterocycles. The van der Waals surface area contributed by atoms with E-state index in [1.165, 1.54) is 0 Å². The van der Waals surface area contributed by atoms with Gasteiger partial charge in [0, 0.05) is 16.7 Å². The van der Waals surface area contributed by atoms with Crippen LogP contribution in [0, 0.1) is 0 Å². The van der Waals surface area contributed by atoms with Gasteiger partial charge in [-0.25, -0.2) is 5.43 Å². The van der Waals surface area contributed by atoms with Crippen LogP contribution in [0.2, 0.25) is 0 Å². The average Bonchev–Trinajstić information content (AvgIpc) is 2.59. The predicted molar refractivity (Wildman–Crippen MR) is 103 cm³/mol. The number of unbranched alkanes of at least 4 members (excludes halogenated alkanes) is 1. The average molecular weight is 393 g/mol. The van der Waals surface area contributed by atoms with Crippen LogP contribution < -0.4 is 20.3 Å². The smallest absolute Gasteiger partial charge is 0.162 e. The molecule has 0 amide bonds. The Labute approximate surface area is 152 Å². The maximum atomic E-state index is 5.85. The summed E-state index contributed by atoms with van der Waals surface area (Å²) in [6.45, 7) is 6.10. The Balaban J connectivity index is 2.02. The number of benzene rings is 2. The molecule has 0 radical (unpaired) electrons. The van der Waals surface area contributed by atoms with Crippen LogP contribution in [0.5, 0.6) is 11.5 Å². The van der Waals surface area contributed by atoms with Crippen LogP contribution in [-0.2, 0) is 6.54 Å². The van der Waals surface area contributed by atoms with Gasteiger partial charge in [0.2, 0.25) is 0 Å². The standard InChI is InChI=1S/C19H25BrN2O2/c1-3-5-11-24-19-13-17(20)15(12-18(19)23-4-2)14-21-22-16-9-7-6-8-10-16/h6-10,12-13,21-22H,3-5,11,14H2,1-2H3. The number of nitrogens with one attached hydrogen (secondary N) is 2. The van der Waals surface area contributed by atoms with E-state index in [1.54, 1.807) is 0 Å². The highest BCUT2D eigenvalue weighted by Crippen LogP contribution is 2.34. The molecule has 2 N–H and O–H groups in total. The molecule has 0 aromatic heterocycles. The first kappa shape index (κ1) is 18.6. The molecule has 0 fully saturated rings. The van der Waals surface area contributed by atoms with E-state index in [0.29, 0.717) is 19.8 Å². The van der Waals surface area contributed by atoms with E-state index in [2.05, 4.69) is 33.7 Å². The van der Waals surface area contributed by atoms with Crippen LogP contribution in [0.3, 0.4) is 0 Å². The summed E-state index contributed by atoms with van der Waals surface area (Å²) in [6.07, 6.45) is 2.14. The molecular formula is C19H25BrN2O2. The van der Waals surface area contributed by atoms with Crippen molar-refractivity contribution < 1.29 is 9.47 Å². The lowest BCUT2D eigenvalue weighted by atomic mass is 10.2. The van der Waals surface area contributed by atoms with E-state index in [0.717, 1.165) is 40.1 Å². The van der Waals surface area contributed by atoms with Crippen LogP contribution in [0.1, 0.15) is 32.3 Å². The highest BCUT2D eigenvalue weighted by molar-refractivity contribution is 9.10. The van der Waals surface area contributed by atoms with Crippen molar-refractivity contribution in [3.8, 4) is 11.5 Å². The SMILES string of the molecule is CCCCOc1cc(Br)c(CNNc2ccccc2)cc1OCC. The molecule has 130 valence electrons. The van der Waals surface area contributed by atoms with Crippen LogP contribution >= 0.6 is 15.9 Å². The zero-order chi connectivity index (χ0) is 17.2. The largest absolute Gasteiger partial charge is 0.490 e. The summed E-state index contributed by atoms with van der Waals surface area (Å²) in [5, 5.41) is 0. The molecule has 0 unspecified atom stereocenters. The topological polar surface area (TPSA) is 42.5 Å². The van der Waals surface area contributed by atoms with Crippen molar-refractivity contribution in [3.63, 3.8) is 0 Å². The minimum Gasteiger partial charge on any atom is -0.490 e. The number of para-hydroxylation sites is 1. The van der Waals surface area contributed by atoms with Gasteiger partial charge in [-0.15, -0.1) is 0 Å². The lowest BCUT2D eigenvalue weighted by Gasteiger charge is -2.16. The minimum atomic E-state index is 0.612. The summed E-state index contributed by atoms with van der Waals surface area (Å²) in [5.41, 5.74) is 8.54. The number of hydrogen-bond donors (Lipinski definition) is 2. The zero-order valence-corrected chi connectivity index (χ0v) is 15.9. The van der Waals surface area contributed by atoms with Gasteiger partial charge in [-0.05, 0) is 43.2 Å². The summed E-state index contributed by atoms with van der Waals surface area (Å²) >= 11 is 3.62. The Morgan fingerprint density at radius 2 is 1.75 bits per heavy atom. The Kier molecular flexibility index (Phi) is 7.92. The van der Waals surface area contributed by atoms with E-state index in [4.69, 9.17) is 9.47 Å². The van der Waals surface area contributed by atoms with E-state index in [9.17, 15) is 0 Å². The first-order chi connectivity index (χ1) is 11.7. The minimum absolute atomic E-state index is 0.612. The molecule has 0 aliphatic carbocycles. The maximum absolute atomic E-state index is 5.85. The number of hydrogen-bond acceptors (Lipinski definition) is 4. The van der Waals surface area contributed by atoms with Crippen molar-refractivity contribution in [2.24, 2.45) is 0 Å². The summed E-state index contributed by atoms with van der Waals surface area (Å²) in [5.74, 6) is 1.57. The van der Waals surface area contributed by atoms with Gasteiger partial charge in [-0.2, -0.15) is 0 Å². The van der Waals surface area contributed by atoms with E-state index >= 15 is 0 Å². The summed E-state index contributed by atoms with van der Waals surface area (Å²) in [7, 11) is 0. The van der Waals surface area contributed by atoms with Gasteiger partial charge in [0.05, 0.1) is 13.2 Å². The number of anilines is 1. The first-order valence-electron chi connectivity index (χ1n) is 8.36. The zero-order valence-electron chi connectivity index (χ0n) is 14.3. The molecule has 5 heteroatoms. The summed E-state index contributed by atoms with van der Waals surface area (Å²) in [6, 6.07) is 14.0. The van der Waals surface area contributed by atoms with Crippen molar-refractivity contribution in [2.75, 3.05) is 18.6 Å². The Bertz CT molecular complexity index is 620. The van der Waals surface area contributed by atoms with Gasteiger partial charge < -0.3 is 14.9 Å². The van der Waals surface area contributed by atoms with Crippen molar-refractivity contribution in [3.05, 3.63) is 52.5 Å². The fourth-order valence-corrected chi connectivity index (χ4v) is 2.65. The number of rotatable bonds is 10. The molecule has 2 aromatic rings. The third-order valence-electron chi connectivity index (χ3n) is 3.45. The molecule has 0 atom stereocenters. The molecule has 4 nitrogen and oxygen atoms in total. The monoisotopic (exact) mass is 392 g/mol. The fraction of sp³-hybridized carbons (Fsp3) is 0.368. The van der Waals surface area contributed by atoms with Gasteiger partial charge in [0.25, 0.3) is 0 Å². The molecule has 2 aromatic carbocycles. The Hall–Kier alpha value is -1.72. The highest BCUT2D eigenvalue weighted by Gasteiger charge is 2.11. The van der Waals surface area contributed by atoms with Gasteiger partial charge in [-0.1, -0.05) is 47.5 Å². The van der Waals surface area contributed by atoms with E-state index in [-0.39, 0.29) is 0 Å². The third kappa shape index (κ3) is 5.73. The highest BCUT2D eigenvalue weighted by atomic mass is 79.9. The summed E-state index contributed by atoms with van der Waals surface area (Å²) in [4.78, 5) is 0. The number of halogens is 1. The van der Waals surface area contributed by atoms with Crippen LogP contribution in [-0.4, -0.2) is 13.2 Å². The van der Waals surface area contributed by atoms with E-state index in [1.807, 2.05) is 49.4 Å². The molecule has 0 bridgehead atoms. The van der Waals surface area contributed by atoms with Gasteiger partial charge >= 0.3 is 0 Å². The predicted octanol–water partition coefficient (Wildman–Crippen LogP) is 5.14. The third-order valence-corrected chi connectivity index (χ3v) is 4.19. The normalized spacial score (nSPS) is 10.5. The lowest BCUT2D eigenvalue weighted by molar-refractivity contribution is 0.272. The second-order valence-corrected chi connectivity index (χ2v) is 6.22. The number of hydrazine groups is 1. The first-order valence-corrected chi connectivity index (χ1v) is 9.15. The molecule has 0 aliphatic rings. The molecular weight excluding hydrogens is 368 g/mol. The Morgan fingerprint density at radius 1 is 1.00 bits per heavy atom. The van der Waals surface area contributed by atoms with Crippen LogP contribution in [0.25, 0.3) is 0 Å². The Morgan fingerprint density at radius 3 is 2.46 bits per heavy atom. The summed E-state index contributed by atoms with van der Waals surface area (Å²) < 4.78 is 12.6. The second-order valence-electron chi connectivity index (χ2n) is 5.37. The molecule has 0 saturated carbocycles. The lowest BCUT2D eigenvalue weighted by Crippen LogP contribution is -2.21. The van der Waals surface area contributed by atoms with Crippen molar-refractivity contribution in [1.82, 2.24) is 5.43 Å². The maximum Gasteiger partial charge on any atom is 0.162 e. The van der Waals surface area contributed by atoms with Gasteiger partial charge in [0.15, 0.2) is 11.5 Å². The molecule has 0 saturated heterocycles. The second kappa shape index (κ2) is 10.2. The van der Waals surface area contributed by atoms with Crippen LogP contribution in [0.4, 0.5) is 5.69 Å². The van der Waals surface area contributed by atoms with Crippen molar-refractivity contribution >= 4 is 21.6 Å². The van der Waals surface area contributed by atoms with Gasteiger partial charge in [-0.3, -0.25) is 0 Å². The fourth-order valence-electron chi connectivity index (χ4n) is 2.18. The van der Waals surface area contributed by atoms with Gasteiger partial charge in [0.1, 0.15) is 0 Å². The molecule has 0 aliphatic heterocycles. The van der Waals surface area contributed by atoms with E-state index < -0.39 is 0 Å². The van der Waals surface area contributed by atoms with Crippen molar-refractivity contribution in [1.29, 1.82) is 0 Å². The molecule has 24 heavy (non-hydrogen) atoms. The quantitative estimate of drug-likeness (QED) is 0.433. The molecule has 0 spiro atoms. The van der Waals surface area contributed by atoms with Crippen molar-refractivity contribution in [2.45, 2.75) is 33.2 Å². The van der Waals surface area contributed by atoms with Crippen LogP contribution in [0.15, 0.2) is 46.9 Å².